The molecule has 6 heteroatoms. The van der Waals surface area contributed by atoms with Crippen LogP contribution in [0.1, 0.15) is 35.7 Å². The number of phenols is 1. The van der Waals surface area contributed by atoms with E-state index in [1.54, 1.807) is 31.2 Å². The van der Waals surface area contributed by atoms with Gasteiger partial charge in [0.25, 0.3) is 5.91 Å². The molecule has 0 atom stereocenters. The minimum Gasteiger partial charge on any atom is -0.507 e. The molecule has 128 valence electrons. The number of carbonyl (C=O) groups is 2. The number of aromatic hydroxyl groups is 1. The van der Waals surface area contributed by atoms with Crippen LogP contribution in [0.3, 0.4) is 0 Å². The standard InChI is InChI=1S/C19H19N3O3/c1-12(21-22-19(25)16-4-2-3-5-17(16)23)13-8-10-15(11-9-13)20-18(24)14-6-7-14/h2-5,8-11,14,23H,6-7H2,1H3,(H,20,24)(H,22,25)/b21-12-. The summed E-state index contributed by atoms with van der Waals surface area (Å²) in [5, 5.41) is 16.6. The van der Waals surface area contributed by atoms with Gasteiger partial charge in [-0.15, -0.1) is 0 Å². The van der Waals surface area contributed by atoms with Crippen molar-refractivity contribution in [1.82, 2.24) is 5.43 Å². The summed E-state index contributed by atoms with van der Waals surface area (Å²) < 4.78 is 0. The van der Waals surface area contributed by atoms with Crippen LogP contribution in [0, 0.1) is 5.92 Å². The number of anilines is 1. The second-order valence-corrected chi connectivity index (χ2v) is 6.00. The molecule has 1 saturated carbocycles. The lowest BCUT2D eigenvalue weighted by Gasteiger charge is -2.07. The predicted molar refractivity (Wildman–Crippen MR) is 95.6 cm³/mol. The number of phenolic OH excluding ortho intramolecular Hbond substituents is 1. The van der Waals surface area contributed by atoms with Crippen molar-refractivity contribution in [2.45, 2.75) is 19.8 Å². The number of hydrazone groups is 1. The van der Waals surface area contributed by atoms with Gasteiger partial charge in [0.2, 0.25) is 5.91 Å². The van der Waals surface area contributed by atoms with Crippen LogP contribution in [0.25, 0.3) is 0 Å². The summed E-state index contributed by atoms with van der Waals surface area (Å²) in [5.74, 6) is -0.352. The minimum atomic E-state index is -0.481. The highest BCUT2D eigenvalue weighted by atomic mass is 16.3. The third kappa shape index (κ3) is 4.23. The molecule has 3 rings (SSSR count). The number of para-hydroxylation sites is 1. The monoisotopic (exact) mass is 337 g/mol. The molecule has 0 heterocycles. The van der Waals surface area contributed by atoms with Crippen LogP contribution >= 0.6 is 0 Å². The molecule has 0 saturated heterocycles. The molecule has 0 bridgehead atoms. The van der Waals surface area contributed by atoms with E-state index in [1.165, 1.54) is 12.1 Å². The fourth-order valence-corrected chi connectivity index (χ4v) is 2.31. The van der Waals surface area contributed by atoms with Gasteiger partial charge in [-0.05, 0) is 49.6 Å². The molecular formula is C19H19N3O3. The maximum absolute atomic E-state index is 12.0. The number of amides is 2. The highest BCUT2D eigenvalue weighted by Gasteiger charge is 2.29. The fraction of sp³-hybridized carbons (Fsp3) is 0.211. The van der Waals surface area contributed by atoms with Gasteiger partial charge < -0.3 is 10.4 Å². The van der Waals surface area contributed by atoms with Crippen molar-refractivity contribution in [2.75, 3.05) is 5.32 Å². The van der Waals surface area contributed by atoms with E-state index in [1.807, 2.05) is 12.1 Å². The Morgan fingerprint density at radius 2 is 1.76 bits per heavy atom. The molecule has 25 heavy (non-hydrogen) atoms. The van der Waals surface area contributed by atoms with Crippen LogP contribution in [0.2, 0.25) is 0 Å². The fourth-order valence-electron chi connectivity index (χ4n) is 2.31. The Morgan fingerprint density at radius 1 is 1.08 bits per heavy atom. The highest BCUT2D eigenvalue weighted by molar-refractivity contribution is 6.02. The number of hydrogen-bond acceptors (Lipinski definition) is 4. The van der Waals surface area contributed by atoms with Crippen molar-refractivity contribution in [3.63, 3.8) is 0 Å². The highest BCUT2D eigenvalue weighted by Crippen LogP contribution is 2.30. The van der Waals surface area contributed by atoms with Crippen LogP contribution in [0.4, 0.5) is 5.69 Å². The van der Waals surface area contributed by atoms with Crippen molar-refractivity contribution in [2.24, 2.45) is 11.0 Å². The molecular weight excluding hydrogens is 318 g/mol. The molecule has 0 unspecified atom stereocenters. The van der Waals surface area contributed by atoms with Gasteiger partial charge in [0.1, 0.15) is 5.75 Å². The van der Waals surface area contributed by atoms with E-state index in [9.17, 15) is 14.7 Å². The Bertz CT molecular complexity index is 824. The number of nitrogens with one attached hydrogen (secondary N) is 2. The van der Waals surface area contributed by atoms with Crippen LogP contribution in [-0.2, 0) is 4.79 Å². The van der Waals surface area contributed by atoms with Gasteiger partial charge in [-0.3, -0.25) is 9.59 Å². The molecule has 2 aromatic carbocycles. The summed E-state index contributed by atoms with van der Waals surface area (Å²) in [7, 11) is 0. The average Bonchev–Trinajstić information content (AvgIpc) is 3.45. The molecule has 3 N–H and O–H groups in total. The van der Waals surface area contributed by atoms with Gasteiger partial charge in [-0.2, -0.15) is 5.10 Å². The molecule has 1 aliphatic carbocycles. The smallest absolute Gasteiger partial charge is 0.275 e. The van der Waals surface area contributed by atoms with Gasteiger partial charge in [0, 0.05) is 11.6 Å². The lowest BCUT2D eigenvalue weighted by Crippen LogP contribution is -2.19. The molecule has 0 radical (unpaired) electrons. The normalized spacial score (nSPS) is 14.0. The Labute approximate surface area is 145 Å². The summed E-state index contributed by atoms with van der Waals surface area (Å²) >= 11 is 0. The van der Waals surface area contributed by atoms with Crippen molar-refractivity contribution in [3.8, 4) is 5.75 Å². The number of rotatable bonds is 5. The SMILES string of the molecule is C/C(=N/NC(=O)c1ccccc1O)c1ccc(NC(=O)C2CC2)cc1. The first-order valence-corrected chi connectivity index (χ1v) is 8.08. The minimum absolute atomic E-state index is 0.0630. The van der Waals surface area contributed by atoms with E-state index in [0.717, 1.165) is 24.1 Å². The number of carbonyl (C=O) groups excluding carboxylic acids is 2. The number of benzene rings is 2. The first-order valence-electron chi connectivity index (χ1n) is 8.08. The van der Waals surface area contributed by atoms with E-state index in [2.05, 4.69) is 15.8 Å². The predicted octanol–water partition coefficient (Wildman–Crippen LogP) is 2.89. The summed E-state index contributed by atoms with van der Waals surface area (Å²) in [6, 6.07) is 13.5. The summed E-state index contributed by atoms with van der Waals surface area (Å²) in [6.07, 6.45) is 1.93. The van der Waals surface area contributed by atoms with Crippen molar-refractivity contribution in [3.05, 3.63) is 59.7 Å². The quantitative estimate of drug-likeness (QED) is 0.579. The molecule has 0 aliphatic heterocycles. The van der Waals surface area contributed by atoms with E-state index < -0.39 is 5.91 Å². The third-order valence-corrected chi connectivity index (χ3v) is 3.99. The van der Waals surface area contributed by atoms with Gasteiger partial charge in [0.15, 0.2) is 0 Å². The molecule has 2 aromatic rings. The van der Waals surface area contributed by atoms with E-state index in [0.29, 0.717) is 5.71 Å². The Kier molecular flexibility index (Phi) is 4.79. The van der Waals surface area contributed by atoms with E-state index in [-0.39, 0.29) is 23.1 Å². The van der Waals surface area contributed by atoms with Crippen molar-refractivity contribution >= 4 is 23.2 Å². The zero-order valence-corrected chi connectivity index (χ0v) is 13.8. The van der Waals surface area contributed by atoms with Gasteiger partial charge in [-0.1, -0.05) is 24.3 Å². The molecule has 0 aromatic heterocycles. The number of hydrogen-bond donors (Lipinski definition) is 3. The zero-order chi connectivity index (χ0) is 17.8. The summed E-state index contributed by atoms with van der Waals surface area (Å²) in [4.78, 5) is 23.8. The summed E-state index contributed by atoms with van der Waals surface area (Å²) in [5.41, 5.74) is 4.77. The zero-order valence-electron chi connectivity index (χ0n) is 13.8. The first kappa shape index (κ1) is 16.7. The van der Waals surface area contributed by atoms with Gasteiger partial charge in [-0.25, -0.2) is 5.43 Å². The Balaban J connectivity index is 1.62. The maximum Gasteiger partial charge on any atom is 0.275 e. The molecule has 0 spiro atoms. The average molecular weight is 337 g/mol. The number of nitrogens with zero attached hydrogens (tertiary/aromatic N) is 1. The lowest BCUT2D eigenvalue weighted by atomic mass is 10.1. The Hall–Kier alpha value is -3.15. The van der Waals surface area contributed by atoms with Gasteiger partial charge in [0.05, 0.1) is 11.3 Å². The van der Waals surface area contributed by atoms with Gasteiger partial charge >= 0.3 is 0 Å². The topological polar surface area (TPSA) is 90.8 Å². The van der Waals surface area contributed by atoms with E-state index in [4.69, 9.17) is 0 Å². The third-order valence-electron chi connectivity index (χ3n) is 3.99. The van der Waals surface area contributed by atoms with Crippen LogP contribution < -0.4 is 10.7 Å². The molecule has 2 amide bonds. The second-order valence-electron chi connectivity index (χ2n) is 6.00. The molecule has 1 aliphatic rings. The maximum atomic E-state index is 12.0. The van der Waals surface area contributed by atoms with Crippen LogP contribution in [0.15, 0.2) is 53.6 Å². The lowest BCUT2D eigenvalue weighted by molar-refractivity contribution is -0.117. The van der Waals surface area contributed by atoms with Crippen molar-refractivity contribution < 1.29 is 14.7 Å². The van der Waals surface area contributed by atoms with E-state index >= 15 is 0 Å². The Morgan fingerprint density at radius 3 is 2.40 bits per heavy atom. The van der Waals surface area contributed by atoms with Crippen LogP contribution in [-0.4, -0.2) is 22.6 Å². The summed E-state index contributed by atoms with van der Waals surface area (Å²) in [6.45, 7) is 1.77. The largest absolute Gasteiger partial charge is 0.507 e. The van der Waals surface area contributed by atoms with Crippen molar-refractivity contribution in [1.29, 1.82) is 0 Å². The van der Waals surface area contributed by atoms with Crippen LogP contribution in [0.5, 0.6) is 5.75 Å². The second kappa shape index (κ2) is 7.17. The molecule has 1 fully saturated rings. The molecule has 6 nitrogen and oxygen atoms in total. The first-order chi connectivity index (χ1) is 12.0.